The molecule has 7 nitrogen and oxygen atoms in total. The molecule has 2 heterocycles. The van der Waals surface area contributed by atoms with Crippen molar-refractivity contribution < 1.29 is 17.9 Å². The van der Waals surface area contributed by atoms with E-state index >= 15 is 0 Å². The van der Waals surface area contributed by atoms with Crippen LogP contribution in [0.1, 0.15) is 50.3 Å². The van der Waals surface area contributed by atoms with E-state index < -0.39 is 15.6 Å². The first kappa shape index (κ1) is 26.6. The first-order valence-electron chi connectivity index (χ1n) is 12.3. The second-order valence-corrected chi connectivity index (χ2v) is 13.0. The molecule has 194 valence electrons. The van der Waals surface area contributed by atoms with Crippen LogP contribution in [0.25, 0.3) is 0 Å². The van der Waals surface area contributed by atoms with Gasteiger partial charge in [-0.25, -0.2) is 17.5 Å². The summed E-state index contributed by atoms with van der Waals surface area (Å²) in [5.41, 5.74) is 3.49. The van der Waals surface area contributed by atoms with Gasteiger partial charge in [0.05, 0.1) is 11.4 Å². The first-order chi connectivity index (χ1) is 16.9. The molecule has 0 spiro atoms. The van der Waals surface area contributed by atoms with Crippen LogP contribution in [0.2, 0.25) is 5.02 Å². The summed E-state index contributed by atoms with van der Waals surface area (Å²) in [6, 6.07) is 12.8. The zero-order valence-corrected chi connectivity index (χ0v) is 22.9. The van der Waals surface area contributed by atoms with E-state index in [2.05, 4.69) is 4.99 Å². The minimum absolute atomic E-state index is 0.184. The maximum atomic E-state index is 13.2. The molecule has 0 bridgehead atoms. The summed E-state index contributed by atoms with van der Waals surface area (Å²) >= 11 is 6.38. The number of amides is 1. The molecule has 0 radical (unpaired) electrons. The molecule has 2 aromatic rings. The van der Waals surface area contributed by atoms with Crippen LogP contribution in [0.4, 0.5) is 4.79 Å². The van der Waals surface area contributed by atoms with Gasteiger partial charge in [0.1, 0.15) is 5.60 Å². The fourth-order valence-corrected chi connectivity index (χ4v) is 6.14. The lowest BCUT2D eigenvalue weighted by atomic mass is 9.95. The second-order valence-electron chi connectivity index (χ2n) is 10.5. The summed E-state index contributed by atoms with van der Waals surface area (Å²) in [7, 11) is -2.01. The Hall–Kier alpha value is -2.42. The highest BCUT2D eigenvalue weighted by Gasteiger charge is 2.30. The second kappa shape index (κ2) is 10.5. The number of ether oxygens (including phenoxy) is 1. The van der Waals surface area contributed by atoms with Gasteiger partial charge in [0.25, 0.3) is 0 Å². The number of hydrogen-bond donors (Lipinski definition) is 0. The van der Waals surface area contributed by atoms with Crippen LogP contribution in [-0.4, -0.2) is 61.7 Å². The Morgan fingerprint density at radius 2 is 1.81 bits per heavy atom. The Labute approximate surface area is 219 Å². The number of fused-ring (bicyclic) bond motifs is 1. The number of piperidine rings is 1. The molecule has 1 saturated heterocycles. The molecule has 0 unspecified atom stereocenters. The Morgan fingerprint density at radius 3 is 2.44 bits per heavy atom. The molecule has 2 aromatic carbocycles. The maximum absolute atomic E-state index is 13.2. The number of benzene rings is 2. The average molecular weight is 532 g/mol. The molecule has 4 rings (SSSR count). The third kappa shape index (κ3) is 6.10. The van der Waals surface area contributed by atoms with Crippen LogP contribution in [-0.2, 0) is 27.7 Å². The molecule has 0 N–H and O–H groups in total. The highest BCUT2D eigenvalue weighted by atomic mass is 35.5. The number of likely N-dealkylation sites (tertiary alicyclic amines) is 1. The first-order valence-corrected chi connectivity index (χ1v) is 14.1. The zero-order valence-electron chi connectivity index (χ0n) is 21.3. The molecule has 0 aliphatic carbocycles. The van der Waals surface area contributed by atoms with Crippen molar-refractivity contribution in [1.82, 2.24) is 9.21 Å². The van der Waals surface area contributed by atoms with Crippen LogP contribution in [0.15, 0.2) is 52.4 Å². The largest absolute Gasteiger partial charge is 0.444 e. The van der Waals surface area contributed by atoms with Crippen molar-refractivity contribution in [2.75, 3.05) is 26.7 Å². The topological polar surface area (TPSA) is 79.3 Å². The lowest BCUT2D eigenvalue weighted by Gasteiger charge is -2.34. The van der Waals surface area contributed by atoms with E-state index in [1.165, 1.54) is 4.31 Å². The van der Waals surface area contributed by atoms with Gasteiger partial charge in [-0.05, 0) is 74.4 Å². The molecular weight excluding hydrogens is 498 g/mol. The van der Waals surface area contributed by atoms with Crippen LogP contribution < -0.4 is 0 Å². The van der Waals surface area contributed by atoms with E-state index in [4.69, 9.17) is 16.3 Å². The van der Waals surface area contributed by atoms with Crippen molar-refractivity contribution in [1.29, 1.82) is 0 Å². The smallest absolute Gasteiger partial charge is 0.410 e. The monoisotopic (exact) mass is 531 g/mol. The number of carbonyl (C=O) groups is 1. The number of hydrogen-bond acceptors (Lipinski definition) is 5. The van der Waals surface area contributed by atoms with Crippen molar-refractivity contribution in [3.05, 3.63) is 64.2 Å². The molecular formula is C27H34ClN3O4S. The zero-order chi connectivity index (χ0) is 26.1. The van der Waals surface area contributed by atoms with Gasteiger partial charge in [-0.1, -0.05) is 35.9 Å². The molecule has 0 aromatic heterocycles. The summed E-state index contributed by atoms with van der Waals surface area (Å²) < 4.78 is 33.3. The Balaban J connectivity index is 1.35. The number of sulfonamides is 1. The molecule has 2 aliphatic rings. The van der Waals surface area contributed by atoms with Gasteiger partial charge in [0, 0.05) is 43.8 Å². The van der Waals surface area contributed by atoms with Gasteiger partial charge in [0.2, 0.25) is 10.0 Å². The molecule has 2 aliphatic heterocycles. The lowest BCUT2D eigenvalue weighted by Crippen LogP contribution is -2.44. The van der Waals surface area contributed by atoms with E-state index in [9.17, 15) is 13.2 Å². The minimum Gasteiger partial charge on any atom is -0.444 e. The van der Waals surface area contributed by atoms with E-state index in [0.29, 0.717) is 32.6 Å². The summed E-state index contributed by atoms with van der Waals surface area (Å²) in [4.78, 5) is 18.9. The molecule has 0 saturated carbocycles. The van der Waals surface area contributed by atoms with Crippen molar-refractivity contribution >= 4 is 33.4 Å². The Morgan fingerprint density at radius 1 is 1.14 bits per heavy atom. The molecule has 1 amide bonds. The summed E-state index contributed by atoms with van der Waals surface area (Å²) in [5, 5.41) is 0.734. The molecule has 9 heteroatoms. The fraction of sp³-hybridized carbons (Fsp3) is 0.481. The van der Waals surface area contributed by atoms with E-state index in [0.717, 1.165) is 40.3 Å². The number of halogens is 1. The van der Waals surface area contributed by atoms with Gasteiger partial charge >= 0.3 is 6.09 Å². The highest BCUT2D eigenvalue weighted by molar-refractivity contribution is 7.89. The quantitative estimate of drug-likeness (QED) is 0.534. The SMILES string of the molecule is CN(CC1CCN(C(=O)OC(C)(C)C)CC1)S(=O)(=O)c1ccc(C2=NCc3cccc(Cl)c3C2)cc1. The van der Waals surface area contributed by atoms with Gasteiger partial charge < -0.3 is 9.64 Å². The van der Waals surface area contributed by atoms with Crippen LogP contribution in [0.3, 0.4) is 0 Å². The van der Waals surface area contributed by atoms with Gasteiger partial charge in [0.15, 0.2) is 0 Å². The fourth-order valence-electron chi connectivity index (χ4n) is 4.63. The van der Waals surface area contributed by atoms with Gasteiger partial charge in [-0.3, -0.25) is 4.99 Å². The van der Waals surface area contributed by atoms with E-state index in [1.807, 2.05) is 51.1 Å². The minimum atomic E-state index is -3.63. The standard InChI is InChI=1S/C27H34ClN3O4S/c1-27(2,3)35-26(32)31-14-12-19(13-15-31)18-30(4)36(33,34)22-10-8-20(9-11-22)25-16-23-21(17-29-25)6-5-7-24(23)28/h5-11,19H,12-18H2,1-4H3. The molecule has 0 atom stereocenters. The predicted octanol–water partition coefficient (Wildman–Crippen LogP) is 5.15. The predicted molar refractivity (Wildman–Crippen MR) is 142 cm³/mol. The number of nitrogens with zero attached hydrogens (tertiary/aromatic N) is 3. The maximum Gasteiger partial charge on any atom is 0.410 e. The Bertz CT molecular complexity index is 1240. The number of aliphatic imine (C=N–C) groups is 1. The highest BCUT2D eigenvalue weighted by Crippen LogP contribution is 2.28. The van der Waals surface area contributed by atoms with E-state index in [-0.39, 0.29) is 16.9 Å². The summed E-state index contributed by atoms with van der Waals surface area (Å²) in [6.07, 6.45) is 1.79. The van der Waals surface area contributed by atoms with E-state index in [1.54, 1.807) is 24.1 Å². The van der Waals surface area contributed by atoms with Gasteiger partial charge in [-0.15, -0.1) is 0 Å². The van der Waals surface area contributed by atoms with Crippen LogP contribution in [0, 0.1) is 5.92 Å². The van der Waals surface area contributed by atoms with Crippen LogP contribution in [0.5, 0.6) is 0 Å². The van der Waals surface area contributed by atoms with Crippen molar-refractivity contribution in [3.63, 3.8) is 0 Å². The lowest BCUT2D eigenvalue weighted by molar-refractivity contribution is 0.0179. The number of carbonyl (C=O) groups excluding carboxylic acids is 1. The number of rotatable bonds is 5. The Kier molecular flexibility index (Phi) is 7.78. The molecule has 1 fully saturated rings. The summed E-state index contributed by atoms with van der Waals surface area (Å²) in [5.74, 6) is 0.184. The third-order valence-electron chi connectivity index (χ3n) is 6.68. The van der Waals surface area contributed by atoms with Gasteiger partial charge in [-0.2, -0.15) is 0 Å². The summed E-state index contributed by atoms with van der Waals surface area (Å²) in [6.45, 7) is 7.66. The normalized spacial score (nSPS) is 17.1. The van der Waals surface area contributed by atoms with Crippen molar-refractivity contribution in [2.24, 2.45) is 10.9 Å². The molecule has 36 heavy (non-hydrogen) atoms. The van der Waals surface area contributed by atoms with Crippen LogP contribution >= 0.6 is 11.6 Å². The van der Waals surface area contributed by atoms with Crippen molar-refractivity contribution in [2.45, 2.75) is 57.1 Å². The third-order valence-corrected chi connectivity index (χ3v) is 8.87. The average Bonchev–Trinajstić information content (AvgIpc) is 2.83. The van der Waals surface area contributed by atoms with Crippen molar-refractivity contribution in [3.8, 4) is 0 Å².